The first-order valence-electron chi connectivity index (χ1n) is 9.06. The van der Waals surface area contributed by atoms with Crippen LogP contribution in [0.2, 0.25) is 0 Å². The van der Waals surface area contributed by atoms with Gasteiger partial charge in [0.15, 0.2) is 11.6 Å². The predicted octanol–water partition coefficient (Wildman–Crippen LogP) is 5.05. The van der Waals surface area contributed by atoms with Gasteiger partial charge in [0, 0.05) is 42.2 Å². The number of halogens is 3. The van der Waals surface area contributed by atoms with Crippen LogP contribution in [0.25, 0.3) is 11.3 Å². The second-order valence-electron chi connectivity index (χ2n) is 6.69. The summed E-state index contributed by atoms with van der Waals surface area (Å²) in [6.45, 7) is 0. The molecule has 28 heavy (non-hydrogen) atoms. The lowest BCUT2D eigenvalue weighted by Gasteiger charge is -2.15. The largest absolute Gasteiger partial charge is 0.351 e. The van der Waals surface area contributed by atoms with Crippen LogP contribution in [0.5, 0.6) is 0 Å². The van der Waals surface area contributed by atoms with Crippen LogP contribution in [0, 0.1) is 17.5 Å². The summed E-state index contributed by atoms with van der Waals surface area (Å²) in [6, 6.07) is 6.65. The van der Waals surface area contributed by atoms with Crippen LogP contribution in [-0.4, -0.2) is 21.0 Å². The highest BCUT2D eigenvalue weighted by atomic mass is 19.1. The highest BCUT2D eigenvalue weighted by Crippen LogP contribution is 2.28. The van der Waals surface area contributed by atoms with Gasteiger partial charge >= 0.3 is 0 Å². The smallest absolute Gasteiger partial charge is 0.225 e. The molecule has 0 radical (unpaired) electrons. The molecule has 0 atom stereocenters. The Kier molecular flexibility index (Phi) is 5.10. The Morgan fingerprint density at radius 3 is 2.25 bits per heavy atom. The van der Waals surface area contributed by atoms with Crippen molar-refractivity contribution in [3.05, 3.63) is 60.2 Å². The molecular formula is C20H18F3N5. The van der Waals surface area contributed by atoms with E-state index in [0.717, 1.165) is 31.2 Å². The van der Waals surface area contributed by atoms with Gasteiger partial charge in [-0.15, -0.1) is 0 Å². The molecule has 0 unspecified atom stereocenters. The summed E-state index contributed by atoms with van der Waals surface area (Å²) in [5.41, 5.74) is 0.894. The molecule has 1 saturated carbocycles. The molecule has 8 heteroatoms. The van der Waals surface area contributed by atoms with Gasteiger partial charge in [-0.2, -0.15) is 4.98 Å². The minimum atomic E-state index is -1.04. The standard InChI is InChI=1S/C20H18F3N5/c21-13-9-15(22)19(16(23)10-13)27-18-11-17(12-5-7-24-8-6-12)26-20(28-18)25-14-3-1-2-4-14/h5-11,14H,1-4H2,(H2,25,26,27,28). The van der Waals surface area contributed by atoms with Crippen LogP contribution in [0.3, 0.4) is 0 Å². The molecule has 2 heterocycles. The molecule has 0 aliphatic heterocycles. The van der Waals surface area contributed by atoms with Gasteiger partial charge in [0.1, 0.15) is 17.3 Å². The quantitative estimate of drug-likeness (QED) is 0.643. The van der Waals surface area contributed by atoms with Crippen molar-refractivity contribution in [2.24, 2.45) is 0 Å². The number of pyridine rings is 1. The third-order valence-corrected chi connectivity index (χ3v) is 4.65. The van der Waals surface area contributed by atoms with E-state index in [9.17, 15) is 13.2 Å². The van der Waals surface area contributed by atoms with E-state index < -0.39 is 23.1 Å². The fourth-order valence-corrected chi connectivity index (χ4v) is 3.29. The van der Waals surface area contributed by atoms with Crippen molar-refractivity contribution >= 4 is 17.5 Å². The zero-order chi connectivity index (χ0) is 19.5. The highest BCUT2D eigenvalue weighted by Gasteiger charge is 2.18. The van der Waals surface area contributed by atoms with E-state index >= 15 is 0 Å². The molecule has 5 nitrogen and oxygen atoms in total. The van der Waals surface area contributed by atoms with Crippen molar-refractivity contribution in [3.8, 4) is 11.3 Å². The van der Waals surface area contributed by atoms with Crippen LogP contribution in [0.15, 0.2) is 42.7 Å². The topological polar surface area (TPSA) is 62.7 Å². The summed E-state index contributed by atoms with van der Waals surface area (Å²) in [7, 11) is 0. The molecule has 1 aliphatic carbocycles. The van der Waals surface area contributed by atoms with E-state index in [2.05, 4.69) is 25.6 Å². The molecular weight excluding hydrogens is 367 g/mol. The van der Waals surface area contributed by atoms with Crippen LogP contribution in [0.4, 0.5) is 30.6 Å². The Morgan fingerprint density at radius 1 is 0.893 bits per heavy atom. The van der Waals surface area contributed by atoms with Crippen LogP contribution >= 0.6 is 0 Å². The number of nitrogens with one attached hydrogen (secondary N) is 2. The maximum atomic E-state index is 14.0. The maximum absolute atomic E-state index is 14.0. The molecule has 0 amide bonds. The molecule has 2 aromatic heterocycles. The molecule has 2 N–H and O–H groups in total. The fourth-order valence-electron chi connectivity index (χ4n) is 3.29. The number of hydrogen-bond acceptors (Lipinski definition) is 5. The SMILES string of the molecule is Fc1cc(F)c(Nc2cc(-c3ccncc3)nc(NC3CCCC3)n2)c(F)c1. The summed E-state index contributed by atoms with van der Waals surface area (Å²) < 4.78 is 41.3. The zero-order valence-electron chi connectivity index (χ0n) is 14.9. The summed E-state index contributed by atoms with van der Waals surface area (Å²) in [4.78, 5) is 12.9. The number of benzene rings is 1. The van der Waals surface area contributed by atoms with Crippen molar-refractivity contribution in [3.63, 3.8) is 0 Å². The van der Waals surface area contributed by atoms with Gasteiger partial charge in [-0.1, -0.05) is 12.8 Å². The first-order chi connectivity index (χ1) is 13.6. The normalized spacial score (nSPS) is 14.2. The Bertz CT molecular complexity index is 952. The lowest BCUT2D eigenvalue weighted by molar-refractivity contribution is 0.548. The van der Waals surface area contributed by atoms with Gasteiger partial charge in [-0.05, 0) is 25.0 Å². The van der Waals surface area contributed by atoms with Gasteiger partial charge in [0.05, 0.1) is 5.69 Å². The molecule has 1 fully saturated rings. The summed E-state index contributed by atoms with van der Waals surface area (Å²) in [5, 5.41) is 5.91. The maximum Gasteiger partial charge on any atom is 0.225 e. The van der Waals surface area contributed by atoms with Gasteiger partial charge < -0.3 is 10.6 Å². The summed E-state index contributed by atoms with van der Waals surface area (Å²) in [6.07, 6.45) is 7.58. The predicted molar refractivity (Wildman–Crippen MR) is 101 cm³/mol. The molecule has 0 spiro atoms. The number of anilines is 3. The van der Waals surface area contributed by atoms with Crippen molar-refractivity contribution in [2.45, 2.75) is 31.7 Å². The average molecular weight is 385 g/mol. The van der Waals surface area contributed by atoms with E-state index in [1.807, 2.05) is 0 Å². The lowest BCUT2D eigenvalue weighted by atomic mass is 10.2. The van der Waals surface area contributed by atoms with E-state index in [4.69, 9.17) is 0 Å². The Morgan fingerprint density at radius 2 is 1.57 bits per heavy atom. The molecule has 1 aromatic carbocycles. The second-order valence-corrected chi connectivity index (χ2v) is 6.69. The first kappa shape index (κ1) is 18.2. The Balaban J connectivity index is 1.71. The zero-order valence-corrected chi connectivity index (χ0v) is 14.9. The van der Waals surface area contributed by atoms with E-state index in [0.29, 0.717) is 23.8 Å². The van der Waals surface area contributed by atoms with E-state index in [1.165, 1.54) is 0 Å². The van der Waals surface area contributed by atoms with Crippen LogP contribution < -0.4 is 10.6 Å². The molecule has 0 saturated heterocycles. The van der Waals surface area contributed by atoms with Gasteiger partial charge in [-0.3, -0.25) is 4.98 Å². The second kappa shape index (κ2) is 7.84. The number of aromatic nitrogens is 3. The van der Waals surface area contributed by atoms with Crippen molar-refractivity contribution < 1.29 is 13.2 Å². The van der Waals surface area contributed by atoms with Gasteiger partial charge in [0.2, 0.25) is 5.95 Å². The molecule has 144 valence electrons. The van der Waals surface area contributed by atoms with Crippen LogP contribution in [0.1, 0.15) is 25.7 Å². The Labute approximate surface area is 160 Å². The van der Waals surface area contributed by atoms with Crippen LogP contribution in [-0.2, 0) is 0 Å². The monoisotopic (exact) mass is 385 g/mol. The molecule has 4 rings (SSSR count). The van der Waals surface area contributed by atoms with E-state index in [1.54, 1.807) is 30.6 Å². The first-order valence-corrected chi connectivity index (χ1v) is 9.06. The van der Waals surface area contributed by atoms with Crippen molar-refractivity contribution in [1.29, 1.82) is 0 Å². The molecule has 1 aliphatic rings. The lowest BCUT2D eigenvalue weighted by Crippen LogP contribution is -2.17. The highest BCUT2D eigenvalue weighted by molar-refractivity contribution is 5.67. The number of hydrogen-bond donors (Lipinski definition) is 2. The fraction of sp³-hybridized carbons (Fsp3) is 0.250. The average Bonchev–Trinajstić information content (AvgIpc) is 3.18. The third-order valence-electron chi connectivity index (χ3n) is 4.65. The summed E-state index contributed by atoms with van der Waals surface area (Å²) in [5.74, 6) is -2.48. The summed E-state index contributed by atoms with van der Waals surface area (Å²) >= 11 is 0. The minimum absolute atomic E-state index is 0.201. The Hall–Kier alpha value is -3.16. The van der Waals surface area contributed by atoms with Gasteiger partial charge in [-0.25, -0.2) is 18.2 Å². The molecule has 0 bridgehead atoms. The van der Waals surface area contributed by atoms with E-state index in [-0.39, 0.29) is 11.9 Å². The van der Waals surface area contributed by atoms with Crippen molar-refractivity contribution in [2.75, 3.05) is 10.6 Å². The van der Waals surface area contributed by atoms with Gasteiger partial charge in [0.25, 0.3) is 0 Å². The third kappa shape index (κ3) is 4.05. The minimum Gasteiger partial charge on any atom is -0.351 e. The molecule has 3 aromatic rings. The number of nitrogens with zero attached hydrogens (tertiary/aromatic N) is 3. The number of rotatable bonds is 5. The van der Waals surface area contributed by atoms with Crippen molar-refractivity contribution in [1.82, 2.24) is 15.0 Å².